The molecule has 1 saturated heterocycles. The van der Waals surface area contributed by atoms with Crippen molar-refractivity contribution in [3.8, 4) is 5.75 Å². The fourth-order valence-corrected chi connectivity index (χ4v) is 6.44. The summed E-state index contributed by atoms with van der Waals surface area (Å²) in [6, 6.07) is 4.37. The molecule has 5 atom stereocenters. The van der Waals surface area contributed by atoms with E-state index in [2.05, 4.69) is 31.3 Å². The van der Waals surface area contributed by atoms with E-state index >= 15 is 0 Å². The van der Waals surface area contributed by atoms with Crippen molar-refractivity contribution < 1.29 is 19.7 Å². The zero-order valence-electron chi connectivity index (χ0n) is 18.6. The summed E-state index contributed by atoms with van der Waals surface area (Å²) in [5, 5.41) is 27.0. The normalized spacial score (nSPS) is 37.6. The van der Waals surface area contributed by atoms with Gasteiger partial charge in [-0.3, -0.25) is 0 Å². The highest BCUT2D eigenvalue weighted by atomic mass is 16.5. The summed E-state index contributed by atoms with van der Waals surface area (Å²) in [5.74, 6) is 2.07. The molecule has 0 amide bonds. The van der Waals surface area contributed by atoms with Crippen LogP contribution >= 0.6 is 0 Å². The van der Waals surface area contributed by atoms with Gasteiger partial charge < -0.3 is 25.0 Å². The summed E-state index contributed by atoms with van der Waals surface area (Å²) in [7, 11) is 1.73. The first-order chi connectivity index (χ1) is 14.4. The first-order valence-electron chi connectivity index (χ1n) is 11.8. The molecule has 3 N–H and O–H groups in total. The minimum absolute atomic E-state index is 0.00254. The van der Waals surface area contributed by atoms with E-state index in [1.165, 1.54) is 29.5 Å². The number of ether oxygens (including phenoxy) is 2. The number of piperidine rings is 1. The summed E-state index contributed by atoms with van der Waals surface area (Å²) in [6.45, 7) is 5.71. The summed E-state index contributed by atoms with van der Waals surface area (Å²) in [4.78, 5) is 0. The Morgan fingerprint density at radius 2 is 2.03 bits per heavy atom. The Bertz CT molecular complexity index is 807. The molecule has 0 spiro atoms. The Hall–Kier alpha value is -1.14. The monoisotopic (exact) mass is 415 g/mol. The average Bonchev–Trinajstić information content (AvgIpc) is 3.51. The Labute approximate surface area is 180 Å². The first-order valence-corrected chi connectivity index (χ1v) is 11.8. The van der Waals surface area contributed by atoms with Crippen LogP contribution < -0.4 is 10.1 Å². The van der Waals surface area contributed by atoms with Gasteiger partial charge in [-0.2, -0.15) is 0 Å². The summed E-state index contributed by atoms with van der Waals surface area (Å²) < 4.78 is 11.8. The lowest BCUT2D eigenvalue weighted by Crippen LogP contribution is -2.75. The third-order valence-corrected chi connectivity index (χ3v) is 8.17. The zero-order chi connectivity index (χ0) is 21.1. The van der Waals surface area contributed by atoms with Crippen molar-refractivity contribution in [3.63, 3.8) is 0 Å². The van der Waals surface area contributed by atoms with Gasteiger partial charge in [-0.15, -0.1) is 0 Å². The maximum atomic E-state index is 12.2. The van der Waals surface area contributed by atoms with Gasteiger partial charge in [0.2, 0.25) is 0 Å². The number of aliphatic hydroxyl groups excluding tert-OH is 1. The predicted octanol–water partition coefficient (Wildman–Crippen LogP) is 2.73. The SMILES string of the molecule is COc1cc(CC2CC2)c2c(c1)C13CCNC(C2)C1(O)CC(OCC(C)C)C(O)C3. The van der Waals surface area contributed by atoms with Gasteiger partial charge in [-0.25, -0.2) is 0 Å². The Balaban J connectivity index is 1.58. The molecule has 3 fully saturated rings. The molecule has 4 aliphatic rings. The zero-order valence-corrected chi connectivity index (χ0v) is 18.6. The average molecular weight is 416 g/mol. The Morgan fingerprint density at radius 3 is 2.73 bits per heavy atom. The van der Waals surface area contributed by atoms with Crippen LogP contribution in [0.2, 0.25) is 0 Å². The summed E-state index contributed by atoms with van der Waals surface area (Å²) in [6.07, 6.45) is 5.55. The van der Waals surface area contributed by atoms with Crippen LogP contribution in [0.25, 0.3) is 0 Å². The highest BCUT2D eigenvalue weighted by molar-refractivity contribution is 5.53. The van der Waals surface area contributed by atoms with Gasteiger partial charge in [0.25, 0.3) is 0 Å². The van der Waals surface area contributed by atoms with Crippen LogP contribution in [-0.4, -0.2) is 54.3 Å². The molecule has 1 aromatic rings. The lowest BCUT2D eigenvalue weighted by atomic mass is 9.48. The number of aliphatic hydroxyl groups is 2. The van der Waals surface area contributed by atoms with Gasteiger partial charge in [0.1, 0.15) is 5.75 Å². The molecule has 5 rings (SSSR count). The maximum Gasteiger partial charge on any atom is 0.119 e. The molecule has 5 nitrogen and oxygen atoms in total. The van der Waals surface area contributed by atoms with Crippen molar-refractivity contribution >= 4 is 0 Å². The van der Waals surface area contributed by atoms with Crippen molar-refractivity contribution in [2.45, 2.75) is 88.1 Å². The fraction of sp³-hybridized carbons (Fsp3) is 0.760. The van der Waals surface area contributed by atoms with Gasteiger partial charge in [0.05, 0.1) is 24.9 Å². The number of benzene rings is 1. The van der Waals surface area contributed by atoms with Crippen molar-refractivity contribution in [2.75, 3.05) is 20.3 Å². The summed E-state index contributed by atoms with van der Waals surface area (Å²) >= 11 is 0. The molecule has 2 saturated carbocycles. The van der Waals surface area contributed by atoms with E-state index in [1.54, 1.807) is 7.11 Å². The Kier molecular flexibility index (Phi) is 5.17. The minimum atomic E-state index is -0.914. The number of hydrogen-bond donors (Lipinski definition) is 3. The van der Waals surface area contributed by atoms with Crippen molar-refractivity contribution in [1.82, 2.24) is 5.32 Å². The van der Waals surface area contributed by atoms with E-state index < -0.39 is 17.1 Å². The quantitative estimate of drug-likeness (QED) is 0.666. The number of rotatable bonds is 6. The van der Waals surface area contributed by atoms with Crippen LogP contribution in [0, 0.1) is 11.8 Å². The lowest BCUT2D eigenvalue weighted by molar-refractivity contribution is -0.196. The topological polar surface area (TPSA) is 71.0 Å². The molecule has 0 aromatic heterocycles. The molecule has 0 radical (unpaired) electrons. The third-order valence-electron chi connectivity index (χ3n) is 8.17. The van der Waals surface area contributed by atoms with Crippen LogP contribution in [0.5, 0.6) is 5.75 Å². The van der Waals surface area contributed by atoms with Crippen molar-refractivity contribution in [1.29, 1.82) is 0 Å². The first kappa shape index (κ1) is 20.7. The molecule has 1 heterocycles. The molecule has 166 valence electrons. The van der Waals surface area contributed by atoms with Gasteiger partial charge in [-0.05, 0) is 85.7 Å². The number of fused-ring (bicyclic) bond motifs is 1. The molecule has 2 bridgehead atoms. The van der Waals surface area contributed by atoms with E-state index in [4.69, 9.17) is 9.47 Å². The van der Waals surface area contributed by atoms with Gasteiger partial charge in [0.15, 0.2) is 0 Å². The molecule has 1 aromatic carbocycles. The highest BCUT2D eigenvalue weighted by Crippen LogP contribution is 2.58. The number of methoxy groups -OCH3 is 1. The predicted molar refractivity (Wildman–Crippen MR) is 116 cm³/mol. The van der Waals surface area contributed by atoms with Gasteiger partial charge in [0, 0.05) is 24.5 Å². The standard InChI is InChI=1S/C25H37NO4/c1-15(2)14-30-22-13-25(28)23-11-19-17(8-16-4-5-16)9-18(29-3)10-20(19)24(25,6-7-26-23)12-21(22)27/h9-10,15-16,21-23,26-28H,4-8,11-14H2,1-3H3. The summed E-state index contributed by atoms with van der Waals surface area (Å²) in [5.41, 5.74) is 2.63. The highest BCUT2D eigenvalue weighted by Gasteiger charge is 2.65. The molecular weight excluding hydrogens is 378 g/mol. The fourth-order valence-electron chi connectivity index (χ4n) is 6.44. The Morgan fingerprint density at radius 1 is 1.23 bits per heavy atom. The van der Waals surface area contributed by atoms with Crippen LogP contribution in [0.1, 0.15) is 62.6 Å². The van der Waals surface area contributed by atoms with Crippen LogP contribution in [0.4, 0.5) is 0 Å². The van der Waals surface area contributed by atoms with Gasteiger partial charge >= 0.3 is 0 Å². The molecule has 3 aliphatic carbocycles. The van der Waals surface area contributed by atoms with Gasteiger partial charge in [-0.1, -0.05) is 13.8 Å². The second kappa shape index (κ2) is 7.47. The van der Waals surface area contributed by atoms with Crippen molar-refractivity contribution in [3.05, 3.63) is 28.8 Å². The second-order valence-corrected chi connectivity index (χ2v) is 10.7. The largest absolute Gasteiger partial charge is 0.497 e. The van der Waals surface area contributed by atoms with E-state index in [9.17, 15) is 10.2 Å². The van der Waals surface area contributed by atoms with E-state index in [0.29, 0.717) is 25.4 Å². The molecule has 1 aliphatic heterocycles. The molecule has 5 heteroatoms. The van der Waals surface area contributed by atoms with Crippen LogP contribution in [0.15, 0.2) is 12.1 Å². The van der Waals surface area contributed by atoms with Crippen LogP contribution in [0.3, 0.4) is 0 Å². The minimum Gasteiger partial charge on any atom is -0.497 e. The molecular formula is C25H37NO4. The van der Waals surface area contributed by atoms with E-state index in [-0.39, 0.29) is 12.1 Å². The molecule has 30 heavy (non-hydrogen) atoms. The lowest BCUT2D eigenvalue weighted by Gasteiger charge is -2.63. The van der Waals surface area contributed by atoms with Crippen LogP contribution in [-0.2, 0) is 23.0 Å². The second-order valence-electron chi connectivity index (χ2n) is 10.7. The smallest absolute Gasteiger partial charge is 0.119 e. The maximum absolute atomic E-state index is 12.2. The molecule has 5 unspecified atom stereocenters. The number of nitrogens with one attached hydrogen (secondary N) is 1. The van der Waals surface area contributed by atoms with E-state index in [1.807, 2.05) is 0 Å². The van der Waals surface area contributed by atoms with Crippen molar-refractivity contribution in [2.24, 2.45) is 11.8 Å². The third kappa shape index (κ3) is 3.21. The number of hydrogen-bond acceptors (Lipinski definition) is 5. The van der Waals surface area contributed by atoms with E-state index in [0.717, 1.165) is 37.5 Å².